The van der Waals surface area contributed by atoms with Crippen molar-refractivity contribution < 1.29 is 9.32 Å². The number of aromatic nitrogens is 2. The van der Waals surface area contributed by atoms with Crippen LogP contribution in [0.1, 0.15) is 5.89 Å². The van der Waals surface area contributed by atoms with Crippen molar-refractivity contribution in [3.05, 3.63) is 46.7 Å². The van der Waals surface area contributed by atoms with Gasteiger partial charge in [0.25, 0.3) is 5.91 Å². The molecule has 0 aliphatic carbocycles. The summed E-state index contributed by atoms with van der Waals surface area (Å²) in [5.41, 5.74) is 1.45. The number of carbonyl (C=O) groups excluding carboxylic acids is 1. The standard InChI is InChI=1S/C15H9ClN4O2S2/c16-9-4-2-1-3-8(9)13-18-11(22-20-13)7-24-15-17-10-5-6-23-12(10)14(21)19-15/h1-6,12H,7H2. The normalized spacial score (nSPS) is 19.2. The van der Waals surface area contributed by atoms with Crippen LogP contribution in [0.4, 0.5) is 0 Å². The second-order valence-corrected chi connectivity index (χ2v) is 7.23. The first-order valence-electron chi connectivity index (χ1n) is 6.94. The number of halogens is 1. The number of allylic oxidation sites excluding steroid dienone is 1. The van der Waals surface area contributed by atoms with Gasteiger partial charge in [0.2, 0.25) is 11.7 Å². The van der Waals surface area contributed by atoms with Gasteiger partial charge in [-0.1, -0.05) is 40.7 Å². The molecule has 3 heterocycles. The minimum Gasteiger partial charge on any atom is -0.338 e. The van der Waals surface area contributed by atoms with E-state index in [9.17, 15) is 4.79 Å². The Hall–Kier alpha value is -1.90. The molecule has 1 amide bonds. The first-order valence-corrected chi connectivity index (χ1v) is 9.25. The number of amides is 1. The molecule has 0 radical (unpaired) electrons. The van der Waals surface area contributed by atoms with Gasteiger partial charge in [-0.15, -0.1) is 11.8 Å². The summed E-state index contributed by atoms with van der Waals surface area (Å²) in [6.07, 6.45) is 1.84. The van der Waals surface area contributed by atoms with Crippen molar-refractivity contribution in [1.29, 1.82) is 0 Å². The Balaban J connectivity index is 1.47. The maximum Gasteiger partial charge on any atom is 0.267 e. The van der Waals surface area contributed by atoms with Gasteiger partial charge in [-0.05, 0) is 23.6 Å². The number of aliphatic imine (C=N–C) groups is 2. The zero-order valence-corrected chi connectivity index (χ0v) is 14.4. The van der Waals surface area contributed by atoms with Gasteiger partial charge < -0.3 is 4.52 Å². The maximum absolute atomic E-state index is 11.9. The molecular weight excluding hydrogens is 368 g/mol. The monoisotopic (exact) mass is 376 g/mol. The predicted molar refractivity (Wildman–Crippen MR) is 96.4 cm³/mol. The fourth-order valence-electron chi connectivity index (χ4n) is 2.17. The summed E-state index contributed by atoms with van der Waals surface area (Å²) in [4.78, 5) is 24.6. The van der Waals surface area contributed by atoms with E-state index in [4.69, 9.17) is 16.1 Å². The summed E-state index contributed by atoms with van der Waals surface area (Å²) in [6.45, 7) is 0. The number of carbonyl (C=O) groups is 1. The lowest BCUT2D eigenvalue weighted by Crippen LogP contribution is -2.26. The highest BCUT2D eigenvalue weighted by Gasteiger charge is 2.30. The summed E-state index contributed by atoms with van der Waals surface area (Å²) < 4.78 is 5.23. The van der Waals surface area contributed by atoms with Gasteiger partial charge in [0.15, 0.2) is 5.17 Å². The molecule has 0 saturated heterocycles. The van der Waals surface area contributed by atoms with Gasteiger partial charge in [-0.25, -0.2) is 4.99 Å². The fourth-order valence-corrected chi connectivity index (χ4v) is 3.90. The van der Waals surface area contributed by atoms with E-state index in [1.807, 2.05) is 29.7 Å². The van der Waals surface area contributed by atoms with Crippen LogP contribution in [0.3, 0.4) is 0 Å². The summed E-state index contributed by atoms with van der Waals surface area (Å²) in [5, 5.41) is 6.48. The second-order valence-electron chi connectivity index (χ2n) is 4.87. The molecule has 2 aliphatic rings. The van der Waals surface area contributed by atoms with E-state index < -0.39 is 0 Å². The van der Waals surface area contributed by atoms with Gasteiger partial charge >= 0.3 is 0 Å². The molecule has 0 N–H and O–H groups in total. The topological polar surface area (TPSA) is 80.7 Å². The third-order valence-corrected chi connectivity index (χ3v) is 5.45. The van der Waals surface area contributed by atoms with E-state index in [0.29, 0.717) is 33.2 Å². The van der Waals surface area contributed by atoms with Crippen molar-refractivity contribution in [2.45, 2.75) is 11.0 Å². The quantitative estimate of drug-likeness (QED) is 0.814. The summed E-state index contributed by atoms with van der Waals surface area (Å²) in [7, 11) is 0. The van der Waals surface area contributed by atoms with Crippen LogP contribution in [0.15, 0.2) is 50.3 Å². The van der Waals surface area contributed by atoms with Gasteiger partial charge in [-0.3, -0.25) is 4.79 Å². The van der Waals surface area contributed by atoms with Crippen molar-refractivity contribution in [2.24, 2.45) is 9.98 Å². The third-order valence-electron chi connectivity index (χ3n) is 3.28. The van der Waals surface area contributed by atoms with Crippen molar-refractivity contribution >= 4 is 51.9 Å². The molecular formula is C15H9ClN4O2S2. The number of thioether (sulfide) groups is 2. The zero-order chi connectivity index (χ0) is 16.5. The van der Waals surface area contributed by atoms with Crippen LogP contribution in [-0.4, -0.2) is 32.2 Å². The van der Waals surface area contributed by atoms with E-state index in [-0.39, 0.29) is 11.2 Å². The van der Waals surface area contributed by atoms with Crippen LogP contribution >= 0.6 is 35.1 Å². The van der Waals surface area contributed by atoms with Crippen molar-refractivity contribution in [3.8, 4) is 11.4 Å². The summed E-state index contributed by atoms with van der Waals surface area (Å²) >= 11 is 8.83. The number of hydrogen-bond acceptors (Lipinski definition) is 7. The molecule has 0 saturated carbocycles. The Morgan fingerprint density at radius 2 is 2.17 bits per heavy atom. The number of amidine groups is 1. The lowest BCUT2D eigenvalue weighted by Gasteiger charge is -2.11. The van der Waals surface area contributed by atoms with Gasteiger partial charge in [0, 0.05) is 5.56 Å². The summed E-state index contributed by atoms with van der Waals surface area (Å²) in [6, 6.07) is 7.28. The molecule has 6 nitrogen and oxygen atoms in total. The summed E-state index contributed by atoms with van der Waals surface area (Å²) in [5.74, 6) is 1.05. The molecule has 0 spiro atoms. The van der Waals surface area contributed by atoms with E-state index in [2.05, 4.69) is 20.1 Å². The largest absolute Gasteiger partial charge is 0.338 e. The molecule has 1 unspecified atom stereocenters. The van der Waals surface area contributed by atoms with Crippen LogP contribution in [0.25, 0.3) is 11.4 Å². The van der Waals surface area contributed by atoms with Crippen LogP contribution in [0.5, 0.6) is 0 Å². The minimum atomic E-state index is -0.287. The minimum absolute atomic E-state index is 0.181. The SMILES string of the molecule is O=C1N=C(SCc2nc(-c3ccccc3Cl)no2)N=C2C=CSC12. The molecule has 9 heteroatoms. The molecule has 120 valence electrons. The maximum atomic E-state index is 11.9. The van der Waals surface area contributed by atoms with Crippen LogP contribution < -0.4 is 0 Å². The van der Waals surface area contributed by atoms with E-state index in [1.165, 1.54) is 23.5 Å². The number of hydrogen-bond donors (Lipinski definition) is 0. The highest BCUT2D eigenvalue weighted by molar-refractivity contribution is 8.13. The molecule has 1 atom stereocenters. The number of benzene rings is 1. The fraction of sp³-hybridized carbons (Fsp3) is 0.133. The Morgan fingerprint density at radius 1 is 1.29 bits per heavy atom. The average molecular weight is 377 g/mol. The van der Waals surface area contributed by atoms with Gasteiger partial charge in [-0.2, -0.15) is 9.98 Å². The lowest BCUT2D eigenvalue weighted by molar-refractivity contribution is -0.116. The first-order chi connectivity index (χ1) is 11.7. The highest BCUT2D eigenvalue weighted by atomic mass is 35.5. The van der Waals surface area contributed by atoms with Crippen LogP contribution in [0.2, 0.25) is 5.02 Å². The Morgan fingerprint density at radius 3 is 3.04 bits per heavy atom. The number of rotatable bonds is 3. The Bertz CT molecular complexity index is 906. The molecule has 1 aromatic carbocycles. The van der Waals surface area contributed by atoms with Crippen molar-refractivity contribution in [2.75, 3.05) is 0 Å². The highest BCUT2D eigenvalue weighted by Crippen LogP contribution is 2.29. The van der Waals surface area contributed by atoms with E-state index in [0.717, 1.165) is 5.71 Å². The molecule has 2 aliphatic heterocycles. The number of fused-ring (bicyclic) bond motifs is 1. The van der Waals surface area contributed by atoms with Crippen LogP contribution in [0, 0.1) is 0 Å². The molecule has 0 bridgehead atoms. The van der Waals surface area contributed by atoms with Crippen LogP contribution in [-0.2, 0) is 10.5 Å². The molecule has 24 heavy (non-hydrogen) atoms. The van der Waals surface area contributed by atoms with Gasteiger partial charge in [0.1, 0.15) is 5.25 Å². The van der Waals surface area contributed by atoms with E-state index in [1.54, 1.807) is 6.07 Å². The zero-order valence-electron chi connectivity index (χ0n) is 12.0. The Kier molecular flexibility index (Phi) is 4.26. The smallest absolute Gasteiger partial charge is 0.267 e. The first kappa shape index (κ1) is 15.6. The third kappa shape index (κ3) is 3.04. The molecule has 1 aromatic heterocycles. The van der Waals surface area contributed by atoms with Gasteiger partial charge in [0.05, 0.1) is 16.5 Å². The van der Waals surface area contributed by atoms with E-state index >= 15 is 0 Å². The lowest BCUT2D eigenvalue weighted by atomic mass is 10.2. The number of nitrogens with zero attached hydrogens (tertiary/aromatic N) is 4. The second kappa shape index (κ2) is 6.54. The Labute approximate surface area is 150 Å². The molecule has 2 aromatic rings. The average Bonchev–Trinajstić information content (AvgIpc) is 3.22. The van der Waals surface area contributed by atoms with Crippen molar-refractivity contribution in [1.82, 2.24) is 10.1 Å². The van der Waals surface area contributed by atoms with Crippen molar-refractivity contribution in [3.63, 3.8) is 0 Å². The molecule has 4 rings (SSSR count). The predicted octanol–water partition coefficient (Wildman–Crippen LogP) is 3.59. The molecule has 0 fully saturated rings.